The Labute approximate surface area is 227 Å². The van der Waals surface area contributed by atoms with E-state index in [0.717, 1.165) is 74.0 Å². The Hall–Kier alpha value is -2.76. The number of carbonyl (C=O) groups excluding carboxylic acids is 1. The highest BCUT2D eigenvalue weighted by Gasteiger charge is 2.62. The van der Waals surface area contributed by atoms with Gasteiger partial charge in [-0.15, -0.1) is 0 Å². The number of carboxylic acid groups (broad SMARTS) is 1. The lowest BCUT2D eigenvalue weighted by Gasteiger charge is -2.59. The molecule has 4 rings (SSSR count). The monoisotopic (exact) mass is 523 g/mol. The van der Waals surface area contributed by atoms with Crippen molar-refractivity contribution in [2.24, 2.45) is 11.3 Å². The summed E-state index contributed by atoms with van der Waals surface area (Å²) in [5, 5.41) is 13.1. The number of hydrogen-bond donors (Lipinski definition) is 2. The Morgan fingerprint density at radius 1 is 1.05 bits per heavy atom. The zero-order valence-electron chi connectivity index (χ0n) is 23.4. The normalized spacial score (nSPS) is 19.6. The molecule has 6 nitrogen and oxygen atoms in total. The van der Waals surface area contributed by atoms with Gasteiger partial charge in [0, 0.05) is 11.5 Å². The van der Waals surface area contributed by atoms with E-state index < -0.39 is 11.5 Å². The number of nitrogens with one attached hydrogen (secondary N) is 1. The van der Waals surface area contributed by atoms with E-state index in [1.54, 1.807) is 0 Å². The Kier molecular flexibility index (Phi) is 9.22. The predicted molar refractivity (Wildman–Crippen MR) is 150 cm³/mol. The molecule has 2 N–H and O–H groups in total. The number of carboxylic acids is 1. The average Bonchev–Trinajstić information content (AvgIpc) is 2.85. The van der Waals surface area contributed by atoms with Crippen LogP contribution in [0.1, 0.15) is 95.6 Å². The van der Waals surface area contributed by atoms with E-state index in [0.29, 0.717) is 38.9 Å². The maximum atomic E-state index is 13.7. The van der Waals surface area contributed by atoms with Crippen LogP contribution in [0.25, 0.3) is 0 Å². The molecule has 6 heteroatoms. The molecule has 0 bridgehead atoms. The van der Waals surface area contributed by atoms with E-state index in [9.17, 15) is 14.7 Å². The van der Waals surface area contributed by atoms with E-state index >= 15 is 0 Å². The van der Waals surface area contributed by atoms with Gasteiger partial charge in [-0.2, -0.15) is 0 Å². The minimum absolute atomic E-state index is 0.137. The first-order valence-corrected chi connectivity index (χ1v) is 14.6. The number of ether oxygens (including phenoxy) is 2. The third-order valence-electron chi connectivity index (χ3n) is 8.70. The van der Waals surface area contributed by atoms with E-state index in [2.05, 4.69) is 23.5 Å². The van der Waals surface area contributed by atoms with Crippen molar-refractivity contribution in [2.45, 2.75) is 103 Å². The van der Waals surface area contributed by atoms with Crippen LogP contribution in [-0.4, -0.2) is 35.7 Å². The molecular formula is C32H45NO5. The zero-order valence-corrected chi connectivity index (χ0v) is 23.4. The summed E-state index contributed by atoms with van der Waals surface area (Å²) in [5.41, 5.74) is 2.33. The smallest absolute Gasteiger partial charge is 0.329 e. The first-order valence-electron chi connectivity index (χ1n) is 14.6. The fourth-order valence-electron chi connectivity index (χ4n) is 6.52. The number of carbonyl (C=O) groups is 2. The van der Waals surface area contributed by atoms with Crippen LogP contribution in [0.4, 0.5) is 0 Å². The summed E-state index contributed by atoms with van der Waals surface area (Å²) >= 11 is 0. The Morgan fingerprint density at radius 3 is 2.26 bits per heavy atom. The van der Waals surface area contributed by atoms with Crippen molar-refractivity contribution >= 4 is 11.9 Å². The number of aliphatic carboxylic acids is 1. The first-order chi connectivity index (χ1) is 18.3. The van der Waals surface area contributed by atoms with Crippen molar-refractivity contribution in [1.82, 2.24) is 5.32 Å². The van der Waals surface area contributed by atoms with Crippen molar-refractivity contribution in [2.75, 3.05) is 13.2 Å². The molecule has 208 valence electrons. The highest BCUT2D eigenvalue weighted by Crippen LogP contribution is 2.60. The van der Waals surface area contributed by atoms with Crippen LogP contribution < -0.4 is 14.8 Å². The molecule has 3 aliphatic carbocycles. The number of hydrogen-bond acceptors (Lipinski definition) is 4. The van der Waals surface area contributed by atoms with E-state index in [-0.39, 0.29) is 17.2 Å². The van der Waals surface area contributed by atoms with E-state index in [4.69, 9.17) is 9.47 Å². The molecule has 1 spiro atoms. The highest BCUT2D eigenvalue weighted by molar-refractivity contribution is 5.89. The molecule has 0 aromatic heterocycles. The maximum absolute atomic E-state index is 13.7. The lowest BCUT2D eigenvalue weighted by Crippen LogP contribution is -2.68. The molecule has 1 aromatic carbocycles. The lowest BCUT2D eigenvalue weighted by molar-refractivity contribution is -0.166. The first kappa shape index (κ1) is 28.3. The van der Waals surface area contributed by atoms with Crippen LogP contribution in [0, 0.1) is 18.3 Å². The molecule has 0 saturated heterocycles. The maximum Gasteiger partial charge on any atom is 0.329 e. The van der Waals surface area contributed by atoms with Crippen molar-refractivity contribution in [1.29, 1.82) is 0 Å². The van der Waals surface area contributed by atoms with Gasteiger partial charge >= 0.3 is 5.97 Å². The fourth-order valence-corrected chi connectivity index (χ4v) is 6.52. The van der Waals surface area contributed by atoms with Crippen molar-refractivity contribution in [3.05, 3.63) is 47.1 Å². The number of unbranched alkanes of at least 4 members (excludes halogenated alkanes) is 1. The van der Waals surface area contributed by atoms with E-state index in [1.165, 1.54) is 5.57 Å². The van der Waals surface area contributed by atoms with E-state index in [1.807, 2.05) is 32.9 Å². The number of amides is 1. The molecule has 1 unspecified atom stereocenters. The third kappa shape index (κ3) is 6.44. The minimum atomic E-state index is -1.12. The fraction of sp³-hybridized carbons (Fsp3) is 0.625. The summed E-state index contributed by atoms with van der Waals surface area (Å²) in [7, 11) is 0. The molecule has 0 aliphatic heterocycles. The molecule has 3 aliphatic rings. The van der Waals surface area contributed by atoms with Gasteiger partial charge < -0.3 is 19.9 Å². The van der Waals surface area contributed by atoms with Crippen LogP contribution in [-0.2, 0) is 16.0 Å². The van der Waals surface area contributed by atoms with Gasteiger partial charge in [0.05, 0.1) is 13.2 Å². The van der Waals surface area contributed by atoms with Crippen molar-refractivity contribution < 1.29 is 24.2 Å². The van der Waals surface area contributed by atoms with Gasteiger partial charge in [0.15, 0.2) is 0 Å². The molecule has 1 aromatic rings. The van der Waals surface area contributed by atoms with Gasteiger partial charge in [-0.25, -0.2) is 4.79 Å². The molecular weight excluding hydrogens is 478 g/mol. The second-order valence-corrected chi connectivity index (χ2v) is 11.6. The third-order valence-corrected chi connectivity index (χ3v) is 8.70. The second-order valence-electron chi connectivity index (χ2n) is 11.6. The highest BCUT2D eigenvalue weighted by atomic mass is 16.5. The molecule has 1 amide bonds. The summed E-state index contributed by atoms with van der Waals surface area (Å²) in [4.78, 5) is 26.0. The van der Waals surface area contributed by atoms with Crippen LogP contribution in [0.15, 0.2) is 35.9 Å². The summed E-state index contributed by atoms with van der Waals surface area (Å²) < 4.78 is 11.8. The topological polar surface area (TPSA) is 84.9 Å². The summed E-state index contributed by atoms with van der Waals surface area (Å²) in [6.45, 7) is 7.00. The average molecular weight is 524 g/mol. The van der Waals surface area contributed by atoms with Crippen LogP contribution >= 0.6 is 0 Å². The lowest BCUT2D eigenvalue weighted by atomic mass is 9.48. The van der Waals surface area contributed by atoms with Gasteiger partial charge in [0.1, 0.15) is 17.0 Å². The van der Waals surface area contributed by atoms with Crippen molar-refractivity contribution in [3.8, 4) is 11.5 Å². The number of allylic oxidation sites excluding steroid dienone is 4. The summed E-state index contributed by atoms with van der Waals surface area (Å²) in [5.74, 6) is 0.195. The predicted octanol–water partition coefficient (Wildman–Crippen LogP) is 6.69. The number of benzene rings is 1. The van der Waals surface area contributed by atoms with Crippen molar-refractivity contribution in [3.63, 3.8) is 0 Å². The molecule has 2 saturated carbocycles. The van der Waals surface area contributed by atoms with Gasteiger partial charge in [-0.05, 0) is 108 Å². The van der Waals surface area contributed by atoms with Crippen LogP contribution in [0.2, 0.25) is 0 Å². The Balaban J connectivity index is 1.49. The molecule has 0 radical (unpaired) electrons. The molecule has 2 fully saturated rings. The van der Waals surface area contributed by atoms with Gasteiger partial charge in [-0.3, -0.25) is 4.79 Å². The van der Waals surface area contributed by atoms with Crippen LogP contribution in [0.3, 0.4) is 0 Å². The van der Waals surface area contributed by atoms with Gasteiger partial charge in [-0.1, -0.05) is 36.6 Å². The largest absolute Gasteiger partial charge is 0.493 e. The summed E-state index contributed by atoms with van der Waals surface area (Å²) in [6.07, 6.45) is 17.6. The van der Waals surface area contributed by atoms with Gasteiger partial charge in [0.25, 0.3) is 0 Å². The molecule has 38 heavy (non-hydrogen) atoms. The van der Waals surface area contributed by atoms with Crippen LogP contribution in [0.5, 0.6) is 11.5 Å². The standard InChI is InChI=1S/C32H45NO5/c1-4-37-27-19-25(20-28(23(27)3)38-5-2)18-26(15-10-9-14-24-12-7-6-8-13-24)29(34)33-32(30(35)36)21-31(22-32)16-11-17-31/h7,12-13,19-20,26H,4-6,8-11,14-18,21-22H2,1-3H3,(H,33,34)(H,35,36). The minimum Gasteiger partial charge on any atom is -0.493 e. The Morgan fingerprint density at radius 2 is 1.74 bits per heavy atom. The molecule has 1 atom stereocenters. The number of rotatable bonds is 14. The SMILES string of the molecule is CCOc1cc(CC(CCCCC2=CCCC=C2)C(=O)NC2(C(=O)O)CC3(CCC3)C2)cc(OCC)c1C. The quantitative estimate of drug-likeness (QED) is 0.265. The van der Waals surface area contributed by atoms with Gasteiger partial charge in [0.2, 0.25) is 5.91 Å². The zero-order chi connectivity index (χ0) is 27.2. The summed E-state index contributed by atoms with van der Waals surface area (Å²) in [6, 6.07) is 4.03. The Bertz CT molecular complexity index is 1030. The second kappa shape index (κ2) is 12.4. The molecule has 0 heterocycles.